The van der Waals surface area contributed by atoms with Crippen molar-refractivity contribution in [3.63, 3.8) is 0 Å². The maximum Gasteiger partial charge on any atom is 0.253 e. The zero-order chi connectivity index (χ0) is 28.6. The van der Waals surface area contributed by atoms with Crippen LogP contribution in [0.5, 0.6) is 5.75 Å². The number of carbonyl (C=O) groups excluding carboxylic acids is 3. The SMILES string of the molecule is COc1ccc(C(=O)N2CCN(c3ccc(NC(=O)CN(Cc4ccccc4)C(=O)C4CCCC4)cc3)CC2)cc1. The van der Waals surface area contributed by atoms with Crippen LogP contribution >= 0.6 is 0 Å². The summed E-state index contributed by atoms with van der Waals surface area (Å²) in [6.07, 6.45) is 3.94. The molecule has 3 aromatic rings. The van der Waals surface area contributed by atoms with Crippen LogP contribution in [0.4, 0.5) is 11.4 Å². The molecule has 1 aliphatic carbocycles. The minimum atomic E-state index is -0.203. The van der Waals surface area contributed by atoms with E-state index in [0.717, 1.165) is 55.8 Å². The summed E-state index contributed by atoms with van der Waals surface area (Å²) >= 11 is 0. The Kier molecular flexibility index (Phi) is 9.19. The third-order valence-electron chi connectivity index (χ3n) is 7.99. The van der Waals surface area contributed by atoms with Crippen LogP contribution in [0.15, 0.2) is 78.9 Å². The van der Waals surface area contributed by atoms with Crippen LogP contribution in [0.3, 0.4) is 0 Å². The molecule has 3 amide bonds. The minimum Gasteiger partial charge on any atom is -0.497 e. The Balaban J connectivity index is 1.14. The van der Waals surface area contributed by atoms with Crippen molar-refractivity contribution < 1.29 is 19.1 Å². The average Bonchev–Trinajstić information content (AvgIpc) is 3.56. The number of methoxy groups -OCH3 is 1. The van der Waals surface area contributed by atoms with Gasteiger partial charge in [-0.05, 0) is 66.9 Å². The normalized spacial score (nSPS) is 15.4. The maximum absolute atomic E-state index is 13.2. The van der Waals surface area contributed by atoms with Crippen LogP contribution < -0.4 is 15.0 Å². The summed E-state index contributed by atoms with van der Waals surface area (Å²) in [7, 11) is 1.61. The van der Waals surface area contributed by atoms with Gasteiger partial charge >= 0.3 is 0 Å². The summed E-state index contributed by atoms with van der Waals surface area (Å²) in [6, 6.07) is 24.8. The van der Waals surface area contributed by atoms with Gasteiger partial charge in [-0.25, -0.2) is 0 Å². The molecule has 5 rings (SSSR count). The summed E-state index contributed by atoms with van der Waals surface area (Å²) in [5.74, 6) is 0.635. The standard InChI is InChI=1S/C33H38N4O4/c1-41-30-17-11-27(12-18-30)32(39)36-21-19-35(20-22-36)29-15-13-28(14-16-29)34-31(38)24-37(23-25-7-3-2-4-8-25)33(40)26-9-5-6-10-26/h2-4,7-8,11-18,26H,5-6,9-10,19-24H2,1H3,(H,34,38). The molecule has 0 spiro atoms. The number of carbonyl (C=O) groups is 3. The van der Waals surface area contributed by atoms with Gasteiger partial charge in [0.05, 0.1) is 7.11 Å². The first-order valence-electron chi connectivity index (χ1n) is 14.4. The van der Waals surface area contributed by atoms with Crippen LogP contribution in [-0.2, 0) is 16.1 Å². The second-order valence-corrected chi connectivity index (χ2v) is 10.8. The summed E-state index contributed by atoms with van der Waals surface area (Å²) in [6.45, 7) is 3.17. The number of piperazine rings is 1. The van der Waals surface area contributed by atoms with Crippen molar-refractivity contribution in [2.45, 2.75) is 32.2 Å². The largest absolute Gasteiger partial charge is 0.497 e. The molecule has 8 heteroatoms. The minimum absolute atomic E-state index is 0.0118. The predicted molar refractivity (Wildman–Crippen MR) is 160 cm³/mol. The molecule has 1 N–H and O–H groups in total. The summed E-state index contributed by atoms with van der Waals surface area (Å²) < 4.78 is 5.18. The van der Waals surface area contributed by atoms with Gasteiger partial charge in [-0.2, -0.15) is 0 Å². The molecule has 0 radical (unpaired) electrons. The first-order valence-corrected chi connectivity index (χ1v) is 14.4. The van der Waals surface area contributed by atoms with Crippen molar-refractivity contribution in [3.8, 4) is 5.75 Å². The quantitative estimate of drug-likeness (QED) is 0.410. The Bertz CT molecular complexity index is 1310. The van der Waals surface area contributed by atoms with Crippen LogP contribution in [0.25, 0.3) is 0 Å². The number of rotatable bonds is 9. The number of anilines is 2. The molecule has 214 valence electrons. The number of benzene rings is 3. The fourth-order valence-electron chi connectivity index (χ4n) is 5.66. The number of nitrogens with one attached hydrogen (secondary N) is 1. The number of hydrogen-bond acceptors (Lipinski definition) is 5. The Labute approximate surface area is 241 Å². The van der Waals surface area contributed by atoms with Gasteiger partial charge in [-0.15, -0.1) is 0 Å². The third-order valence-corrected chi connectivity index (χ3v) is 7.99. The lowest BCUT2D eigenvalue weighted by Crippen LogP contribution is -2.48. The highest BCUT2D eigenvalue weighted by molar-refractivity contribution is 5.95. The Morgan fingerprint density at radius 3 is 2.15 bits per heavy atom. The highest BCUT2D eigenvalue weighted by Crippen LogP contribution is 2.27. The van der Waals surface area contributed by atoms with Gasteiger partial charge in [-0.3, -0.25) is 14.4 Å². The van der Waals surface area contributed by atoms with Crippen LogP contribution in [0.2, 0.25) is 0 Å². The lowest BCUT2D eigenvalue weighted by atomic mass is 10.1. The van der Waals surface area contributed by atoms with Crippen LogP contribution in [0, 0.1) is 5.92 Å². The molecule has 41 heavy (non-hydrogen) atoms. The van der Waals surface area contributed by atoms with E-state index in [-0.39, 0.29) is 30.2 Å². The van der Waals surface area contributed by atoms with E-state index in [4.69, 9.17) is 4.74 Å². The smallest absolute Gasteiger partial charge is 0.253 e. The number of hydrogen-bond donors (Lipinski definition) is 1. The van der Waals surface area contributed by atoms with E-state index in [1.54, 1.807) is 36.3 Å². The van der Waals surface area contributed by atoms with E-state index < -0.39 is 0 Å². The molecule has 0 aromatic heterocycles. The lowest BCUT2D eigenvalue weighted by Gasteiger charge is -2.36. The summed E-state index contributed by atoms with van der Waals surface area (Å²) in [5, 5.41) is 2.97. The number of ether oxygens (including phenoxy) is 1. The molecule has 0 atom stereocenters. The van der Waals surface area contributed by atoms with Gasteiger partial charge in [-0.1, -0.05) is 43.2 Å². The molecule has 1 aliphatic heterocycles. The Hall–Kier alpha value is -4.33. The molecule has 2 fully saturated rings. The van der Waals surface area contributed by atoms with Gasteiger partial charge < -0.3 is 24.8 Å². The number of amides is 3. The molecule has 1 heterocycles. The van der Waals surface area contributed by atoms with E-state index in [9.17, 15) is 14.4 Å². The lowest BCUT2D eigenvalue weighted by molar-refractivity contribution is -0.138. The van der Waals surface area contributed by atoms with E-state index in [0.29, 0.717) is 30.9 Å². The van der Waals surface area contributed by atoms with E-state index in [1.807, 2.05) is 59.5 Å². The first kappa shape index (κ1) is 28.2. The zero-order valence-corrected chi connectivity index (χ0v) is 23.6. The van der Waals surface area contributed by atoms with Crippen molar-refractivity contribution in [1.82, 2.24) is 9.80 Å². The fourth-order valence-corrected chi connectivity index (χ4v) is 5.66. The van der Waals surface area contributed by atoms with Crippen molar-refractivity contribution in [1.29, 1.82) is 0 Å². The number of nitrogens with zero attached hydrogens (tertiary/aromatic N) is 3. The van der Waals surface area contributed by atoms with Crippen molar-refractivity contribution in [2.75, 3.05) is 50.1 Å². The molecule has 1 saturated carbocycles. The molecule has 3 aromatic carbocycles. The van der Waals surface area contributed by atoms with Gasteiger partial charge in [0.15, 0.2) is 0 Å². The van der Waals surface area contributed by atoms with Crippen molar-refractivity contribution >= 4 is 29.1 Å². The zero-order valence-electron chi connectivity index (χ0n) is 23.6. The molecule has 0 unspecified atom stereocenters. The van der Waals surface area contributed by atoms with Gasteiger partial charge in [0.2, 0.25) is 11.8 Å². The van der Waals surface area contributed by atoms with Crippen molar-refractivity contribution in [2.24, 2.45) is 5.92 Å². The second-order valence-electron chi connectivity index (χ2n) is 10.8. The van der Waals surface area contributed by atoms with Crippen LogP contribution in [0.1, 0.15) is 41.6 Å². The molecule has 0 bridgehead atoms. The highest BCUT2D eigenvalue weighted by Gasteiger charge is 2.28. The Morgan fingerprint density at radius 2 is 1.51 bits per heavy atom. The average molecular weight is 555 g/mol. The summed E-state index contributed by atoms with van der Waals surface area (Å²) in [4.78, 5) is 45.0. The maximum atomic E-state index is 13.2. The van der Waals surface area contributed by atoms with Crippen LogP contribution in [-0.4, -0.2) is 67.4 Å². The monoisotopic (exact) mass is 554 g/mol. The van der Waals surface area contributed by atoms with E-state index >= 15 is 0 Å². The van der Waals surface area contributed by atoms with Gasteiger partial charge in [0.25, 0.3) is 5.91 Å². The molecule has 1 saturated heterocycles. The second kappa shape index (κ2) is 13.4. The molecular weight excluding hydrogens is 516 g/mol. The molecular formula is C33H38N4O4. The first-order chi connectivity index (χ1) is 20.0. The Morgan fingerprint density at radius 1 is 0.854 bits per heavy atom. The fraction of sp³-hybridized carbons (Fsp3) is 0.364. The summed E-state index contributed by atoms with van der Waals surface area (Å²) in [5.41, 5.74) is 3.41. The van der Waals surface area contributed by atoms with E-state index in [1.165, 1.54) is 0 Å². The highest BCUT2D eigenvalue weighted by atomic mass is 16.5. The van der Waals surface area contributed by atoms with Gasteiger partial charge in [0, 0.05) is 55.6 Å². The molecule has 8 nitrogen and oxygen atoms in total. The van der Waals surface area contributed by atoms with Gasteiger partial charge in [0.1, 0.15) is 12.3 Å². The third kappa shape index (κ3) is 7.25. The molecule has 2 aliphatic rings. The van der Waals surface area contributed by atoms with Crippen molar-refractivity contribution in [3.05, 3.63) is 90.0 Å². The van der Waals surface area contributed by atoms with E-state index in [2.05, 4.69) is 10.2 Å². The predicted octanol–water partition coefficient (Wildman–Crippen LogP) is 4.82. The topological polar surface area (TPSA) is 82.2 Å².